The number of alkyl halides is 3. The predicted molar refractivity (Wildman–Crippen MR) is 138 cm³/mol. The minimum absolute atomic E-state index is 0.0415. The highest BCUT2D eigenvalue weighted by Gasteiger charge is 2.32. The Labute approximate surface area is 216 Å². The lowest BCUT2D eigenvalue weighted by molar-refractivity contribution is -0.117. The van der Waals surface area contributed by atoms with E-state index in [1.165, 1.54) is 0 Å². The van der Waals surface area contributed by atoms with E-state index >= 15 is 0 Å². The van der Waals surface area contributed by atoms with Gasteiger partial charge >= 0.3 is 6.18 Å². The number of nitrogens with zero attached hydrogens (tertiary/aromatic N) is 2. The summed E-state index contributed by atoms with van der Waals surface area (Å²) in [5, 5.41) is 5.34. The number of rotatable bonds is 7. The minimum Gasteiger partial charge on any atom is -0.404 e. The molecular weight excluding hydrogens is 497 g/mol. The molecule has 0 radical (unpaired) electrons. The van der Waals surface area contributed by atoms with Crippen LogP contribution in [0.5, 0.6) is 0 Å². The van der Waals surface area contributed by atoms with Crippen LogP contribution in [0.2, 0.25) is 0 Å². The smallest absolute Gasteiger partial charge is 0.404 e. The molecule has 2 heterocycles. The molecule has 3 aromatic rings. The van der Waals surface area contributed by atoms with Crippen LogP contribution in [-0.2, 0) is 9.59 Å². The summed E-state index contributed by atoms with van der Waals surface area (Å²) in [5.41, 5.74) is 13.0. The van der Waals surface area contributed by atoms with Crippen LogP contribution in [0.3, 0.4) is 0 Å². The van der Waals surface area contributed by atoms with Crippen molar-refractivity contribution in [3.8, 4) is 22.3 Å². The number of anilines is 2. The summed E-state index contributed by atoms with van der Waals surface area (Å²) in [7, 11) is 0. The van der Waals surface area contributed by atoms with Gasteiger partial charge in [0.25, 0.3) is 5.91 Å². The van der Waals surface area contributed by atoms with E-state index in [4.69, 9.17) is 11.5 Å². The molecule has 6 N–H and O–H groups in total. The highest BCUT2D eigenvalue weighted by Crippen LogP contribution is 2.32. The van der Waals surface area contributed by atoms with Gasteiger partial charge in [-0.1, -0.05) is 6.07 Å². The molecule has 1 aliphatic carbocycles. The average molecular weight is 523 g/mol. The fourth-order valence-electron chi connectivity index (χ4n) is 3.67. The second-order valence-corrected chi connectivity index (χ2v) is 8.86. The third-order valence-corrected chi connectivity index (χ3v) is 5.92. The first kappa shape index (κ1) is 26.4. The second-order valence-electron chi connectivity index (χ2n) is 8.86. The minimum atomic E-state index is -4.74. The summed E-state index contributed by atoms with van der Waals surface area (Å²) in [5.74, 6) is -0.446. The van der Waals surface area contributed by atoms with Gasteiger partial charge in [-0.2, -0.15) is 13.2 Å². The second kappa shape index (κ2) is 10.8. The number of allylic oxidation sites excluding steroid dienone is 2. The molecule has 0 spiro atoms. The normalized spacial score (nSPS) is 14.2. The van der Waals surface area contributed by atoms with Gasteiger partial charge in [-0.25, -0.2) is 4.98 Å². The van der Waals surface area contributed by atoms with E-state index < -0.39 is 23.4 Å². The van der Waals surface area contributed by atoms with Crippen molar-refractivity contribution >= 4 is 23.3 Å². The molecule has 0 bridgehead atoms. The Morgan fingerprint density at radius 1 is 1.03 bits per heavy atom. The number of amides is 2. The summed E-state index contributed by atoms with van der Waals surface area (Å²) < 4.78 is 38.7. The summed E-state index contributed by atoms with van der Waals surface area (Å²) in [6.07, 6.45) is 2.80. The first-order chi connectivity index (χ1) is 18.0. The molecule has 2 aromatic heterocycles. The Kier molecular flexibility index (Phi) is 7.47. The molecule has 11 heteroatoms. The SMILES string of the molecule is Cc1ccc(NC(=O)/C(N)=C/C(=C\N)C(F)(F)F)cc1-c1cncc(-c2ccnc(NC(=O)C3CC3)c2)c1. The molecule has 0 aliphatic heterocycles. The molecule has 8 nitrogen and oxygen atoms in total. The monoisotopic (exact) mass is 522 g/mol. The number of nitrogens with one attached hydrogen (secondary N) is 2. The number of halogens is 3. The van der Waals surface area contributed by atoms with Crippen LogP contribution >= 0.6 is 0 Å². The lowest BCUT2D eigenvalue weighted by Crippen LogP contribution is -2.22. The number of benzene rings is 1. The number of carbonyl (C=O) groups is 2. The average Bonchev–Trinajstić information content (AvgIpc) is 3.73. The molecule has 1 aliphatic rings. The Morgan fingerprint density at radius 2 is 1.76 bits per heavy atom. The summed E-state index contributed by atoms with van der Waals surface area (Å²) in [6, 6.07) is 10.5. The van der Waals surface area contributed by atoms with Crippen molar-refractivity contribution < 1.29 is 22.8 Å². The molecule has 196 valence electrons. The quantitative estimate of drug-likeness (QED) is 0.263. The predicted octanol–water partition coefficient (Wildman–Crippen LogP) is 4.65. The van der Waals surface area contributed by atoms with E-state index in [0.717, 1.165) is 40.7 Å². The third kappa shape index (κ3) is 6.36. The van der Waals surface area contributed by atoms with E-state index in [2.05, 4.69) is 20.6 Å². The van der Waals surface area contributed by atoms with Crippen LogP contribution in [0.1, 0.15) is 18.4 Å². The fraction of sp³-hybridized carbons (Fsp3) is 0.185. The van der Waals surface area contributed by atoms with Gasteiger partial charge in [0.1, 0.15) is 5.82 Å². The lowest BCUT2D eigenvalue weighted by atomic mass is 9.98. The zero-order valence-corrected chi connectivity index (χ0v) is 20.3. The fourth-order valence-corrected chi connectivity index (χ4v) is 3.67. The van der Waals surface area contributed by atoms with E-state index in [1.807, 2.05) is 13.0 Å². The molecule has 1 fully saturated rings. The van der Waals surface area contributed by atoms with Crippen molar-refractivity contribution in [1.82, 2.24) is 9.97 Å². The van der Waals surface area contributed by atoms with Crippen molar-refractivity contribution in [2.45, 2.75) is 25.9 Å². The van der Waals surface area contributed by atoms with Gasteiger partial charge in [-0.15, -0.1) is 0 Å². The van der Waals surface area contributed by atoms with E-state index in [-0.39, 0.29) is 11.8 Å². The van der Waals surface area contributed by atoms with Gasteiger partial charge in [0.05, 0.1) is 11.3 Å². The largest absolute Gasteiger partial charge is 0.417 e. The van der Waals surface area contributed by atoms with Crippen molar-refractivity contribution in [3.63, 3.8) is 0 Å². The molecule has 0 saturated heterocycles. The first-order valence-corrected chi connectivity index (χ1v) is 11.7. The van der Waals surface area contributed by atoms with E-state index in [1.54, 1.807) is 48.9 Å². The highest BCUT2D eigenvalue weighted by molar-refractivity contribution is 6.03. The van der Waals surface area contributed by atoms with Gasteiger partial charge in [0.15, 0.2) is 0 Å². The van der Waals surface area contributed by atoms with Crippen molar-refractivity contribution in [2.75, 3.05) is 10.6 Å². The summed E-state index contributed by atoms with van der Waals surface area (Å²) in [4.78, 5) is 33.1. The van der Waals surface area contributed by atoms with Gasteiger partial charge in [0, 0.05) is 47.5 Å². The number of aryl methyl sites for hydroxylation is 1. The van der Waals surface area contributed by atoms with Gasteiger partial charge in [0.2, 0.25) is 5.91 Å². The van der Waals surface area contributed by atoms with Crippen molar-refractivity contribution in [3.05, 3.63) is 84.1 Å². The Bertz CT molecular complexity index is 1440. The first-order valence-electron chi connectivity index (χ1n) is 11.7. The third-order valence-electron chi connectivity index (χ3n) is 5.92. The number of hydrogen-bond donors (Lipinski definition) is 4. The highest BCUT2D eigenvalue weighted by atomic mass is 19.4. The van der Waals surface area contributed by atoms with Crippen LogP contribution in [0.4, 0.5) is 24.7 Å². The maximum atomic E-state index is 12.9. The maximum absolute atomic E-state index is 12.9. The summed E-state index contributed by atoms with van der Waals surface area (Å²) >= 11 is 0. The Hall–Kier alpha value is -4.67. The summed E-state index contributed by atoms with van der Waals surface area (Å²) in [6.45, 7) is 1.88. The number of pyridine rings is 2. The van der Waals surface area contributed by atoms with Gasteiger partial charge < -0.3 is 22.1 Å². The van der Waals surface area contributed by atoms with Crippen LogP contribution in [0.15, 0.2) is 78.5 Å². The lowest BCUT2D eigenvalue weighted by Gasteiger charge is -2.13. The molecule has 1 aromatic carbocycles. The van der Waals surface area contributed by atoms with Crippen LogP contribution in [0, 0.1) is 12.8 Å². The molecule has 2 amide bonds. The maximum Gasteiger partial charge on any atom is 0.417 e. The van der Waals surface area contributed by atoms with Crippen LogP contribution in [-0.4, -0.2) is 28.0 Å². The molecule has 1 saturated carbocycles. The molecular formula is C27H25F3N6O2. The zero-order chi connectivity index (χ0) is 27.4. The van der Waals surface area contributed by atoms with Crippen LogP contribution < -0.4 is 22.1 Å². The standard InChI is InChI=1S/C27H25F3N6O2/c1-15-2-5-21(35-26(38)23(32)10-20(12-31)27(28,29)30)11-22(15)19-8-18(13-33-14-19)17-6-7-34-24(9-17)36-25(37)16-3-4-16/h2,5-14,16H,3-4,31-32H2,1H3,(H,35,38)(H,34,36,37)/b20-12+,23-10-. The Morgan fingerprint density at radius 3 is 2.45 bits per heavy atom. The van der Waals surface area contributed by atoms with Gasteiger partial charge in [-0.3, -0.25) is 14.6 Å². The Balaban J connectivity index is 1.56. The van der Waals surface area contributed by atoms with Crippen molar-refractivity contribution in [1.29, 1.82) is 0 Å². The van der Waals surface area contributed by atoms with Gasteiger partial charge in [-0.05, 0) is 72.9 Å². The number of carbonyl (C=O) groups excluding carboxylic acids is 2. The van der Waals surface area contributed by atoms with E-state index in [9.17, 15) is 22.8 Å². The van der Waals surface area contributed by atoms with E-state index in [0.29, 0.717) is 23.8 Å². The van der Waals surface area contributed by atoms with Crippen LogP contribution in [0.25, 0.3) is 22.3 Å². The molecule has 4 rings (SSSR count). The topological polar surface area (TPSA) is 136 Å². The molecule has 38 heavy (non-hydrogen) atoms. The number of aromatic nitrogens is 2. The molecule has 0 atom stereocenters. The number of hydrogen-bond acceptors (Lipinski definition) is 6. The zero-order valence-electron chi connectivity index (χ0n) is 20.3. The number of nitrogens with two attached hydrogens (primary N) is 2. The van der Waals surface area contributed by atoms with Crippen molar-refractivity contribution in [2.24, 2.45) is 17.4 Å². The molecule has 0 unspecified atom stereocenters.